The van der Waals surface area contributed by atoms with Crippen molar-refractivity contribution >= 4 is 15.8 Å². The third-order valence-electron chi connectivity index (χ3n) is 1.88. The minimum absolute atomic E-state index is 0.0575. The molecule has 2 heterocycles. The van der Waals surface area contributed by atoms with Crippen LogP contribution in [-0.4, -0.2) is 13.4 Å². The first kappa shape index (κ1) is 7.54. The zero-order chi connectivity index (χ0) is 8.77. The van der Waals surface area contributed by atoms with Crippen LogP contribution in [0.5, 0.6) is 0 Å². The molecule has 1 aliphatic rings. The Labute approximate surface area is 70.7 Å². The molecule has 1 aliphatic heterocycles. The Balaban J connectivity index is 2.63. The number of aryl methyl sites for hydroxylation is 1. The van der Waals surface area contributed by atoms with Gasteiger partial charge in [-0.3, -0.25) is 4.72 Å². The molecule has 12 heavy (non-hydrogen) atoms. The zero-order valence-electron chi connectivity index (χ0n) is 6.53. The minimum atomic E-state index is -3.14. The van der Waals surface area contributed by atoms with Gasteiger partial charge >= 0.3 is 0 Å². The quantitative estimate of drug-likeness (QED) is 0.643. The lowest BCUT2D eigenvalue weighted by atomic mass is 10.2. The van der Waals surface area contributed by atoms with Crippen LogP contribution < -0.4 is 4.72 Å². The van der Waals surface area contributed by atoms with Crippen molar-refractivity contribution in [1.82, 2.24) is 4.98 Å². The second kappa shape index (κ2) is 2.20. The number of nitrogens with one attached hydrogen (secondary N) is 1. The fourth-order valence-electron chi connectivity index (χ4n) is 1.23. The van der Waals surface area contributed by atoms with Crippen LogP contribution in [0.25, 0.3) is 0 Å². The molecule has 0 aromatic carbocycles. The second-order valence-electron chi connectivity index (χ2n) is 2.82. The molecule has 1 aromatic rings. The summed E-state index contributed by atoms with van der Waals surface area (Å²) in [6.45, 7) is 1.88. The monoisotopic (exact) mass is 184 g/mol. The molecule has 0 bridgehead atoms. The van der Waals surface area contributed by atoms with E-state index in [1.807, 2.05) is 6.92 Å². The van der Waals surface area contributed by atoms with Gasteiger partial charge < -0.3 is 0 Å². The Bertz CT molecular complexity index is 425. The summed E-state index contributed by atoms with van der Waals surface area (Å²) in [4.78, 5) is 3.93. The predicted molar refractivity (Wildman–Crippen MR) is 45.2 cm³/mol. The number of nitrogens with zero attached hydrogens (tertiary/aromatic N) is 1. The highest BCUT2D eigenvalue weighted by Gasteiger charge is 2.25. The van der Waals surface area contributed by atoms with Crippen LogP contribution in [0.4, 0.5) is 5.82 Å². The van der Waals surface area contributed by atoms with Crippen LogP contribution >= 0.6 is 0 Å². The molecule has 0 spiro atoms. The van der Waals surface area contributed by atoms with E-state index in [2.05, 4.69) is 9.71 Å². The largest absolute Gasteiger partial charge is 0.267 e. The van der Waals surface area contributed by atoms with Crippen LogP contribution in [0.15, 0.2) is 12.3 Å². The molecule has 0 amide bonds. The Kier molecular flexibility index (Phi) is 1.38. The maximum absolute atomic E-state index is 11.1. The van der Waals surface area contributed by atoms with Gasteiger partial charge in [0.1, 0.15) is 5.82 Å². The highest BCUT2D eigenvalue weighted by Crippen LogP contribution is 2.26. The Morgan fingerprint density at radius 1 is 1.58 bits per heavy atom. The number of hydrogen-bond acceptors (Lipinski definition) is 3. The van der Waals surface area contributed by atoms with Gasteiger partial charge in [-0.05, 0) is 18.6 Å². The van der Waals surface area contributed by atoms with Crippen molar-refractivity contribution in [3.8, 4) is 0 Å². The number of pyridine rings is 1. The molecule has 0 saturated carbocycles. The molecule has 0 atom stereocenters. The Hall–Kier alpha value is -1.10. The van der Waals surface area contributed by atoms with Crippen molar-refractivity contribution in [1.29, 1.82) is 0 Å². The summed E-state index contributed by atoms with van der Waals surface area (Å²) in [6, 6.07) is 1.81. The van der Waals surface area contributed by atoms with Gasteiger partial charge in [0.25, 0.3) is 0 Å². The summed E-state index contributed by atoms with van der Waals surface area (Å²) in [6.07, 6.45) is 1.60. The molecule has 4 nitrogen and oxygen atoms in total. The summed E-state index contributed by atoms with van der Waals surface area (Å²) in [5.41, 5.74) is 1.76. The average molecular weight is 184 g/mol. The molecule has 1 N–H and O–H groups in total. The van der Waals surface area contributed by atoms with Crippen LogP contribution in [0.1, 0.15) is 11.1 Å². The third kappa shape index (κ3) is 1.06. The normalized spacial score (nSPS) is 18.4. The Morgan fingerprint density at radius 3 is 3.00 bits per heavy atom. The van der Waals surface area contributed by atoms with Crippen LogP contribution in [-0.2, 0) is 15.8 Å². The van der Waals surface area contributed by atoms with Gasteiger partial charge in [-0.1, -0.05) is 0 Å². The van der Waals surface area contributed by atoms with Crippen LogP contribution in [0, 0.1) is 6.92 Å². The summed E-state index contributed by atoms with van der Waals surface area (Å²) in [5, 5.41) is 0. The molecule has 1 aromatic heterocycles. The van der Waals surface area contributed by atoms with E-state index < -0.39 is 10.0 Å². The fraction of sp³-hybridized carbons (Fsp3) is 0.286. The topological polar surface area (TPSA) is 59.1 Å². The maximum Gasteiger partial charge on any atom is 0.238 e. The first-order chi connectivity index (χ1) is 5.58. The zero-order valence-corrected chi connectivity index (χ0v) is 7.35. The van der Waals surface area contributed by atoms with E-state index in [-0.39, 0.29) is 5.75 Å². The molecular formula is C7H8N2O2S. The molecule has 0 radical (unpaired) electrons. The molecule has 0 unspecified atom stereocenters. The standard InChI is InChI=1S/C7H8N2O2S/c1-5-2-3-8-7-6(5)4-12(10,11)9-7/h2-3H,4H2,1H3,(H,8,9). The van der Waals surface area contributed by atoms with Gasteiger partial charge in [0.05, 0.1) is 5.75 Å². The number of hydrogen-bond donors (Lipinski definition) is 1. The molecule has 64 valence electrons. The smallest absolute Gasteiger partial charge is 0.238 e. The van der Waals surface area contributed by atoms with Crippen LogP contribution in [0.3, 0.4) is 0 Å². The van der Waals surface area contributed by atoms with E-state index in [4.69, 9.17) is 0 Å². The van der Waals surface area contributed by atoms with Gasteiger partial charge in [0.2, 0.25) is 10.0 Å². The lowest BCUT2D eigenvalue weighted by Gasteiger charge is -1.97. The van der Waals surface area contributed by atoms with Gasteiger partial charge in [0, 0.05) is 11.8 Å². The van der Waals surface area contributed by atoms with Gasteiger partial charge in [0.15, 0.2) is 0 Å². The Morgan fingerprint density at radius 2 is 2.33 bits per heavy atom. The first-order valence-corrected chi connectivity index (χ1v) is 5.19. The first-order valence-electron chi connectivity index (χ1n) is 3.53. The fourth-order valence-corrected chi connectivity index (χ4v) is 2.52. The molecular weight excluding hydrogens is 176 g/mol. The average Bonchev–Trinajstić information content (AvgIpc) is 2.25. The van der Waals surface area contributed by atoms with Crippen molar-refractivity contribution < 1.29 is 8.42 Å². The number of aromatic nitrogens is 1. The van der Waals surface area contributed by atoms with E-state index in [9.17, 15) is 8.42 Å². The lowest BCUT2D eigenvalue weighted by molar-refractivity contribution is 0.602. The molecule has 0 fully saturated rings. The lowest BCUT2D eigenvalue weighted by Crippen LogP contribution is -2.05. The maximum atomic E-state index is 11.1. The van der Waals surface area contributed by atoms with E-state index in [1.165, 1.54) is 0 Å². The van der Waals surface area contributed by atoms with Crippen molar-refractivity contribution in [2.75, 3.05) is 4.72 Å². The number of rotatable bonds is 0. The number of fused-ring (bicyclic) bond motifs is 1. The van der Waals surface area contributed by atoms with E-state index in [0.717, 1.165) is 11.1 Å². The van der Waals surface area contributed by atoms with Crippen molar-refractivity contribution in [3.63, 3.8) is 0 Å². The van der Waals surface area contributed by atoms with E-state index in [1.54, 1.807) is 12.3 Å². The SMILES string of the molecule is Cc1ccnc2c1CS(=O)(=O)N2. The van der Waals surface area contributed by atoms with E-state index >= 15 is 0 Å². The highest BCUT2D eigenvalue weighted by atomic mass is 32.2. The predicted octanol–water partition coefficient (Wildman–Crippen LogP) is 0.645. The molecule has 0 saturated heterocycles. The van der Waals surface area contributed by atoms with Crippen molar-refractivity contribution in [3.05, 3.63) is 23.4 Å². The highest BCUT2D eigenvalue weighted by molar-refractivity contribution is 7.92. The summed E-state index contributed by atoms with van der Waals surface area (Å²) in [7, 11) is -3.14. The number of sulfonamides is 1. The van der Waals surface area contributed by atoms with Gasteiger partial charge in [-0.25, -0.2) is 13.4 Å². The molecule has 2 rings (SSSR count). The van der Waals surface area contributed by atoms with E-state index in [0.29, 0.717) is 5.82 Å². The molecule has 0 aliphatic carbocycles. The molecule has 5 heteroatoms. The van der Waals surface area contributed by atoms with Crippen molar-refractivity contribution in [2.24, 2.45) is 0 Å². The van der Waals surface area contributed by atoms with Crippen LogP contribution in [0.2, 0.25) is 0 Å². The van der Waals surface area contributed by atoms with Gasteiger partial charge in [-0.2, -0.15) is 0 Å². The van der Waals surface area contributed by atoms with Crippen molar-refractivity contribution in [2.45, 2.75) is 12.7 Å². The summed E-state index contributed by atoms with van der Waals surface area (Å²) in [5.74, 6) is 0.539. The third-order valence-corrected chi connectivity index (χ3v) is 3.05. The number of anilines is 1. The van der Waals surface area contributed by atoms with Gasteiger partial charge in [-0.15, -0.1) is 0 Å². The summed E-state index contributed by atoms with van der Waals surface area (Å²) < 4.78 is 24.6. The minimum Gasteiger partial charge on any atom is -0.267 e. The summed E-state index contributed by atoms with van der Waals surface area (Å²) >= 11 is 0. The second-order valence-corrected chi connectivity index (χ2v) is 4.54.